The molecule has 0 saturated carbocycles. The maximum absolute atomic E-state index is 13.3. The van der Waals surface area contributed by atoms with Gasteiger partial charge in [0.25, 0.3) is 0 Å². The molecule has 33 heavy (non-hydrogen) atoms. The SMILES string of the molecule is C[C@@H]1CN(C(=O)CS(=O)(=O)c2cn(CC(=O)N3CCCCCC3)c3ccccc23)C[C@@H](C)O1. The van der Waals surface area contributed by atoms with E-state index in [-0.39, 0.29) is 29.6 Å². The largest absolute Gasteiger partial charge is 0.372 e. The molecule has 2 fully saturated rings. The Hall–Kier alpha value is -2.39. The second-order valence-electron chi connectivity index (χ2n) is 9.25. The van der Waals surface area contributed by atoms with Gasteiger partial charge in [0.05, 0.1) is 17.1 Å². The Balaban J connectivity index is 1.57. The molecule has 2 aliphatic heterocycles. The van der Waals surface area contributed by atoms with Crippen LogP contribution in [0.5, 0.6) is 0 Å². The normalized spacial score (nSPS) is 22.4. The lowest BCUT2D eigenvalue weighted by Gasteiger charge is -2.35. The van der Waals surface area contributed by atoms with Gasteiger partial charge >= 0.3 is 0 Å². The number of likely N-dealkylation sites (tertiary alicyclic amines) is 1. The molecule has 0 radical (unpaired) electrons. The average molecular weight is 476 g/mol. The van der Waals surface area contributed by atoms with E-state index in [1.54, 1.807) is 21.6 Å². The van der Waals surface area contributed by atoms with Gasteiger partial charge in [-0.2, -0.15) is 0 Å². The van der Waals surface area contributed by atoms with Gasteiger partial charge in [0.2, 0.25) is 11.8 Å². The third-order valence-corrected chi connectivity index (χ3v) is 8.06. The average Bonchev–Trinajstić information content (AvgIpc) is 2.93. The number of ether oxygens (including phenoxy) is 1. The van der Waals surface area contributed by atoms with Gasteiger partial charge in [-0.3, -0.25) is 9.59 Å². The molecule has 1 aromatic carbocycles. The number of aromatic nitrogens is 1. The van der Waals surface area contributed by atoms with Crippen LogP contribution in [-0.2, 0) is 30.7 Å². The minimum Gasteiger partial charge on any atom is -0.372 e. The summed E-state index contributed by atoms with van der Waals surface area (Å²) in [7, 11) is -3.89. The van der Waals surface area contributed by atoms with E-state index in [1.807, 2.05) is 30.9 Å². The van der Waals surface area contributed by atoms with Gasteiger partial charge in [-0.05, 0) is 32.8 Å². The van der Waals surface area contributed by atoms with E-state index in [0.29, 0.717) is 24.0 Å². The van der Waals surface area contributed by atoms with Crippen LogP contribution in [0.1, 0.15) is 39.5 Å². The predicted octanol–water partition coefficient (Wildman–Crippen LogP) is 2.45. The molecular formula is C24H33N3O5S. The molecule has 2 atom stereocenters. The lowest BCUT2D eigenvalue weighted by Crippen LogP contribution is -2.49. The summed E-state index contributed by atoms with van der Waals surface area (Å²) in [6.07, 6.45) is 5.52. The number of carbonyl (C=O) groups is 2. The lowest BCUT2D eigenvalue weighted by molar-refractivity contribution is -0.140. The van der Waals surface area contributed by atoms with Crippen LogP contribution in [0.25, 0.3) is 10.9 Å². The van der Waals surface area contributed by atoms with Crippen molar-refractivity contribution in [3.8, 4) is 0 Å². The van der Waals surface area contributed by atoms with Crippen molar-refractivity contribution in [2.75, 3.05) is 31.9 Å². The molecule has 2 amide bonds. The summed E-state index contributed by atoms with van der Waals surface area (Å²) in [6.45, 7) is 6.08. The van der Waals surface area contributed by atoms with Crippen molar-refractivity contribution in [3.05, 3.63) is 30.5 Å². The summed E-state index contributed by atoms with van der Waals surface area (Å²) in [5, 5.41) is 0.540. The fourth-order valence-electron chi connectivity index (χ4n) is 4.87. The van der Waals surface area contributed by atoms with E-state index in [2.05, 4.69) is 0 Å². The molecule has 8 nitrogen and oxygen atoms in total. The molecular weight excluding hydrogens is 442 g/mol. The number of hydrogen-bond donors (Lipinski definition) is 0. The van der Waals surface area contributed by atoms with Gasteiger partial charge in [-0.15, -0.1) is 0 Å². The Morgan fingerprint density at radius 3 is 2.24 bits per heavy atom. The number of sulfone groups is 1. The van der Waals surface area contributed by atoms with Crippen LogP contribution < -0.4 is 0 Å². The number of morpholine rings is 1. The first-order valence-corrected chi connectivity index (χ1v) is 13.4. The highest BCUT2D eigenvalue weighted by atomic mass is 32.2. The van der Waals surface area contributed by atoms with Crippen LogP contribution >= 0.6 is 0 Å². The van der Waals surface area contributed by atoms with E-state index in [4.69, 9.17) is 4.74 Å². The zero-order valence-corrected chi connectivity index (χ0v) is 20.2. The molecule has 0 bridgehead atoms. The van der Waals surface area contributed by atoms with Crippen LogP contribution in [0.4, 0.5) is 0 Å². The number of hydrogen-bond acceptors (Lipinski definition) is 5. The van der Waals surface area contributed by atoms with E-state index >= 15 is 0 Å². The summed E-state index contributed by atoms with van der Waals surface area (Å²) < 4.78 is 34.0. The molecule has 3 heterocycles. The van der Waals surface area contributed by atoms with Gasteiger partial charge in [0.15, 0.2) is 9.84 Å². The second kappa shape index (κ2) is 9.85. The van der Waals surface area contributed by atoms with Crippen LogP contribution in [0.3, 0.4) is 0 Å². The third kappa shape index (κ3) is 5.41. The maximum atomic E-state index is 13.3. The molecule has 2 aromatic rings. The van der Waals surface area contributed by atoms with Crippen molar-refractivity contribution in [2.24, 2.45) is 0 Å². The Bertz CT molecular complexity index is 1110. The molecule has 0 aliphatic carbocycles. The van der Waals surface area contributed by atoms with Crippen LogP contribution in [0.2, 0.25) is 0 Å². The summed E-state index contributed by atoms with van der Waals surface area (Å²) in [5.41, 5.74) is 0.681. The Kier molecular flexibility index (Phi) is 7.09. The number of rotatable bonds is 5. The van der Waals surface area contributed by atoms with Crippen molar-refractivity contribution < 1.29 is 22.7 Å². The number of para-hydroxylation sites is 1. The molecule has 0 unspecified atom stereocenters. The molecule has 0 spiro atoms. The molecule has 0 N–H and O–H groups in total. The first-order chi connectivity index (χ1) is 15.7. The van der Waals surface area contributed by atoms with E-state index in [1.165, 1.54) is 6.20 Å². The lowest BCUT2D eigenvalue weighted by atomic mass is 10.2. The smallest absolute Gasteiger partial charge is 0.242 e. The minimum atomic E-state index is -3.89. The van der Waals surface area contributed by atoms with Crippen LogP contribution in [0, 0.1) is 0 Å². The Morgan fingerprint density at radius 2 is 1.58 bits per heavy atom. The van der Waals surface area contributed by atoms with Crippen molar-refractivity contribution in [1.82, 2.24) is 14.4 Å². The van der Waals surface area contributed by atoms with Crippen molar-refractivity contribution in [3.63, 3.8) is 0 Å². The molecule has 2 aliphatic rings. The highest BCUT2D eigenvalue weighted by Crippen LogP contribution is 2.27. The van der Waals surface area contributed by atoms with Gasteiger partial charge < -0.3 is 19.1 Å². The second-order valence-corrected chi connectivity index (χ2v) is 11.2. The van der Waals surface area contributed by atoms with Gasteiger partial charge in [-0.25, -0.2) is 8.42 Å². The predicted molar refractivity (Wildman–Crippen MR) is 126 cm³/mol. The number of nitrogens with zero attached hydrogens (tertiary/aromatic N) is 3. The summed E-state index contributed by atoms with van der Waals surface area (Å²) in [6, 6.07) is 7.15. The standard InChI is InChI=1S/C24H33N3O5S/c1-18-13-27(14-19(2)32-18)24(29)17-33(30,31)22-15-26(21-10-6-5-9-20(21)22)16-23(28)25-11-7-3-4-8-12-25/h5-6,9-10,15,18-19H,3-4,7-8,11-14,16-17H2,1-2H3/t18-,19-/m1/s1. The maximum Gasteiger partial charge on any atom is 0.242 e. The highest BCUT2D eigenvalue weighted by molar-refractivity contribution is 7.92. The highest BCUT2D eigenvalue weighted by Gasteiger charge is 2.31. The monoisotopic (exact) mass is 475 g/mol. The zero-order valence-electron chi connectivity index (χ0n) is 19.4. The fourth-order valence-corrected chi connectivity index (χ4v) is 6.33. The van der Waals surface area contributed by atoms with Gasteiger partial charge in [0.1, 0.15) is 12.3 Å². The quantitative estimate of drug-likeness (QED) is 0.663. The van der Waals surface area contributed by atoms with Gasteiger partial charge in [-0.1, -0.05) is 31.0 Å². The Labute approximate surface area is 195 Å². The van der Waals surface area contributed by atoms with Crippen molar-refractivity contribution in [2.45, 2.75) is 63.2 Å². The Morgan fingerprint density at radius 1 is 0.939 bits per heavy atom. The van der Waals surface area contributed by atoms with E-state index < -0.39 is 21.5 Å². The number of amides is 2. The summed E-state index contributed by atoms with van der Waals surface area (Å²) >= 11 is 0. The first kappa shape index (κ1) is 23.8. The van der Waals surface area contributed by atoms with Crippen LogP contribution in [0.15, 0.2) is 35.4 Å². The molecule has 2 saturated heterocycles. The van der Waals surface area contributed by atoms with Crippen molar-refractivity contribution in [1.29, 1.82) is 0 Å². The summed E-state index contributed by atoms with van der Waals surface area (Å²) in [5.74, 6) is -1.02. The zero-order chi connectivity index (χ0) is 23.6. The number of fused-ring (bicyclic) bond motifs is 1. The molecule has 1 aromatic heterocycles. The number of carbonyl (C=O) groups excluding carboxylic acids is 2. The van der Waals surface area contributed by atoms with Crippen LogP contribution in [-0.4, -0.2) is 78.7 Å². The minimum absolute atomic E-state index is 0.00558. The first-order valence-electron chi connectivity index (χ1n) is 11.8. The van der Waals surface area contributed by atoms with Crippen molar-refractivity contribution >= 4 is 32.6 Å². The number of benzene rings is 1. The summed E-state index contributed by atoms with van der Waals surface area (Å²) in [4.78, 5) is 29.4. The van der Waals surface area contributed by atoms with E-state index in [0.717, 1.165) is 38.8 Å². The molecule has 4 rings (SSSR count). The third-order valence-electron chi connectivity index (χ3n) is 6.44. The topological polar surface area (TPSA) is 88.9 Å². The molecule has 180 valence electrons. The molecule has 9 heteroatoms. The fraction of sp³-hybridized carbons (Fsp3) is 0.583. The van der Waals surface area contributed by atoms with E-state index in [9.17, 15) is 18.0 Å². The van der Waals surface area contributed by atoms with Gasteiger partial charge in [0, 0.05) is 43.3 Å².